The van der Waals surface area contributed by atoms with Crippen LogP contribution in [0.15, 0.2) is 90.3 Å². The van der Waals surface area contributed by atoms with Crippen LogP contribution < -0.4 is 5.32 Å². The van der Waals surface area contributed by atoms with Crippen molar-refractivity contribution >= 4 is 17.2 Å². The van der Waals surface area contributed by atoms with Crippen LogP contribution in [0, 0.1) is 5.82 Å². The lowest BCUT2D eigenvalue weighted by Crippen LogP contribution is -2.28. The second-order valence-corrected chi connectivity index (χ2v) is 9.60. The molecule has 0 spiro atoms. The van der Waals surface area contributed by atoms with Crippen LogP contribution in [0.2, 0.25) is 0 Å². The summed E-state index contributed by atoms with van der Waals surface area (Å²) < 4.78 is 18.3. The molecule has 0 aliphatic rings. The van der Waals surface area contributed by atoms with Crippen molar-refractivity contribution in [1.82, 2.24) is 10.3 Å². The first-order valence-corrected chi connectivity index (χ1v) is 13.2. The van der Waals surface area contributed by atoms with Gasteiger partial charge >= 0.3 is 0 Å². The lowest BCUT2D eigenvalue weighted by atomic mass is 9.92. The van der Waals surface area contributed by atoms with Gasteiger partial charge in [-0.15, -0.1) is 11.3 Å². The van der Waals surface area contributed by atoms with Crippen LogP contribution in [0.1, 0.15) is 52.6 Å². The summed E-state index contributed by atoms with van der Waals surface area (Å²) >= 11 is 1.73. The molecule has 36 heavy (non-hydrogen) atoms. The first-order chi connectivity index (χ1) is 17.7. The third kappa shape index (κ3) is 7.83. The van der Waals surface area contributed by atoms with Gasteiger partial charge in [-0.25, -0.2) is 9.37 Å². The third-order valence-corrected chi connectivity index (χ3v) is 6.89. The van der Waals surface area contributed by atoms with Crippen LogP contribution in [0.5, 0.6) is 0 Å². The normalized spacial score (nSPS) is 11.1. The molecule has 4 aromatic rings. The van der Waals surface area contributed by atoms with Crippen molar-refractivity contribution in [3.63, 3.8) is 0 Å². The van der Waals surface area contributed by atoms with Crippen molar-refractivity contribution in [2.75, 3.05) is 13.2 Å². The number of aryl methyl sites for hydroxylation is 1. The summed E-state index contributed by atoms with van der Waals surface area (Å²) in [6.45, 7) is 0.923. The molecule has 0 saturated heterocycles. The number of hydrogen-bond acceptors (Lipinski definition) is 4. The Kier molecular flexibility index (Phi) is 9.77. The SMILES string of the molecule is O=C(COCc1ccc(F)cc1)NCCCCCc1csc(C(c2ccccc2)c2ccccc2)n1. The molecule has 186 valence electrons. The third-order valence-electron chi connectivity index (χ3n) is 5.93. The highest BCUT2D eigenvalue weighted by atomic mass is 32.1. The molecule has 0 radical (unpaired) electrons. The zero-order valence-electron chi connectivity index (χ0n) is 20.2. The first-order valence-electron chi connectivity index (χ1n) is 12.3. The Morgan fingerprint density at radius 1 is 0.889 bits per heavy atom. The van der Waals surface area contributed by atoms with Gasteiger partial charge in [-0.2, -0.15) is 0 Å². The van der Waals surface area contributed by atoms with Gasteiger partial charge in [0, 0.05) is 11.9 Å². The van der Waals surface area contributed by atoms with E-state index in [0.29, 0.717) is 13.2 Å². The van der Waals surface area contributed by atoms with Gasteiger partial charge < -0.3 is 10.1 Å². The van der Waals surface area contributed by atoms with Crippen molar-refractivity contribution in [2.24, 2.45) is 0 Å². The molecule has 4 rings (SSSR count). The summed E-state index contributed by atoms with van der Waals surface area (Å²) in [6.07, 6.45) is 3.89. The van der Waals surface area contributed by atoms with Crippen molar-refractivity contribution in [2.45, 2.75) is 38.2 Å². The van der Waals surface area contributed by atoms with Gasteiger partial charge in [-0.3, -0.25) is 4.79 Å². The highest BCUT2D eigenvalue weighted by Gasteiger charge is 2.19. The van der Waals surface area contributed by atoms with Gasteiger partial charge in [-0.05, 0) is 48.1 Å². The van der Waals surface area contributed by atoms with Gasteiger partial charge in [-0.1, -0.05) is 79.2 Å². The zero-order valence-corrected chi connectivity index (χ0v) is 21.1. The number of hydrogen-bond donors (Lipinski definition) is 1. The van der Waals surface area contributed by atoms with E-state index in [2.05, 4.69) is 59.2 Å². The highest BCUT2D eigenvalue weighted by Crippen LogP contribution is 2.33. The number of carbonyl (C=O) groups excluding carboxylic acids is 1. The summed E-state index contributed by atoms with van der Waals surface area (Å²) in [5.74, 6) is -0.268. The van der Waals surface area contributed by atoms with Crippen LogP contribution in [0.3, 0.4) is 0 Å². The summed E-state index contributed by atoms with van der Waals surface area (Å²) in [7, 11) is 0. The fraction of sp³-hybridized carbons (Fsp3) is 0.267. The van der Waals surface area contributed by atoms with Gasteiger partial charge in [0.2, 0.25) is 5.91 Å². The Morgan fingerprint density at radius 3 is 2.22 bits per heavy atom. The van der Waals surface area contributed by atoms with E-state index in [-0.39, 0.29) is 24.2 Å². The molecule has 0 fully saturated rings. The molecule has 1 amide bonds. The Hall–Kier alpha value is -3.35. The molecule has 1 N–H and O–H groups in total. The quantitative estimate of drug-likeness (QED) is 0.212. The van der Waals surface area contributed by atoms with Gasteiger partial charge in [0.25, 0.3) is 0 Å². The van der Waals surface area contributed by atoms with Crippen LogP contribution in [0.4, 0.5) is 4.39 Å². The molecular weight excluding hydrogens is 471 g/mol. The number of benzene rings is 3. The average molecular weight is 503 g/mol. The van der Waals surface area contributed by atoms with Crippen LogP contribution in [-0.2, 0) is 22.6 Å². The summed E-state index contributed by atoms with van der Waals surface area (Å²) in [4.78, 5) is 16.9. The lowest BCUT2D eigenvalue weighted by molar-refractivity contribution is -0.126. The molecule has 0 bridgehead atoms. The van der Waals surface area contributed by atoms with E-state index in [1.165, 1.54) is 23.3 Å². The van der Waals surface area contributed by atoms with Crippen LogP contribution >= 0.6 is 11.3 Å². The van der Waals surface area contributed by atoms with Crippen molar-refractivity contribution in [3.05, 3.63) is 124 Å². The largest absolute Gasteiger partial charge is 0.367 e. The maximum atomic E-state index is 12.9. The Labute approximate surface area is 216 Å². The molecule has 1 heterocycles. The minimum absolute atomic E-state index is 0.00295. The number of carbonyl (C=O) groups is 1. The van der Waals surface area contributed by atoms with Crippen molar-refractivity contribution in [3.8, 4) is 0 Å². The summed E-state index contributed by atoms with van der Waals surface area (Å²) in [6, 6.07) is 27.2. The van der Waals surface area contributed by atoms with Crippen molar-refractivity contribution in [1.29, 1.82) is 0 Å². The van der Waals surface area contributed by atoms with Crippen LogP contribution in [0.25, 0.3) is 0 Å². The van der Waals surface area contributed by atoms with Gasteiger partial charge in [0.15, 0.2) is 0 Å². The zero-order chi connectivity index (χ0) is 25.0. The number of amides is 1. The topological polar surface area (TPSA) is 51.2 Å². The van der Waals surface area contributed by atoms with E-state index in [0.717, 1.165) is 41.9 Å². The van der Waals surface area contributed by atoms with E-state index >= 15 is 0 Å². The molecule has 3 aromatic carbocycles. The van der Waals surface area contributed by atoms with E-state index in [9.17, 15) is 9.18 Å². The van der Waals surface area contributed by atoms with E-state index in [1.54, 1.807) is 23.5 Å². The molecule has 4 nitrogen and oxygen atoms in total. The minimum Gasteiger partial charge on any atom is -0.367 e. The average Bonchev–Trinajstić information content (AvgIpc) is 3.37. The molecule has 0 aliphatic carbocycles. The number of aromatic nitrogens is 1. The Bertz CT molecular complexity index is 1160. The monoisotopic (exact) mass is 502 g/mol. The molecule has 0 aliphatic heterocycles. The summed E-state index contributed by atoms with van der Waals surface area (Å²) in [5.41, 5.74) is 4.47. The van der Waals surface area contributed by atoms with Crippen molar-refractivity contribution < 1.29 is 13.9 Å². The Balaban J connectivity index is 1.17. The predicted octanol–water partition coefficient (Wildman–Crippen LogP) is 6.51. The van der Waals surface area contributed by atoms with E-state index < -0.39 is 0 Å². The highest BCUT2D eigenvalue weighted by molar-refractivity contribution is 7.09. The number of nitrogens with zero attached hydrogens (tertiary/aromatic N) is 1. The van der Waals surface area contributed by atoms with Crippen LogP contribution in [-0.4, -0.2) is 24.0 Å². The number of nitrogens with one attached hydrogen (secondary N) is 1. The molecular formula is C30H31FN2O2S. The minimum atomic E-state index is -0.282. The molecule has 1 aromatic heterocycles. The maximum absolute atomic E-state index is 12.9. The van der Waals surface area contributed by atoms with E-state index in [4.69, 9.17) is 9.72 Å². The number of rotatable bonds is 13. The number of unbranched alkanes of at least 4 members (excludes halogenated alkanes) is 2. The fourth-order valence-electron chi connectivity index (χ4n) is 4.07. The van der Waals surface area contributed by atoms with Gasteiger partial charge in [0.1, 0.15) is 17.4 Å². The fourth-order valence-corrected chi connectivity index (χ4v) is 5.07. The molecule has 0 atom stereocenters. The maximum Gasteiger partial charge on any atom is 0.246 e. The first kappa shape index (κ1) is 25.7. The smallest absolute Gasteiger partial charge is 0.246 e. The molecule has 0 unspecified atom stereocenters. The summed E-state index contributed by atoms with van der Waals surface area (Å²) in [5, 5.41) is 6.19. The number of thiazole rings is 1. The molecule has 6 heteroatoms. The van der Waals surface area contributed by atoms with Gasteiger partial charge in [0.05, 0.1) is 18.2 Å². The second-order valence-electron chi connectivity index (χ2n) is 8.71. The number of halogens is 1. The molecule has 0 saturated carbocycles. The lowest BCUT2D eigenvalue weighted by Gasteiger charge is -2.15. The standard InChI is InChI=1S/C30H31FN2O2S/c31-26-17-15-23(16-18-26)20-35-21-28(34)32-19-9-3-8-14-27-22-36-30(33-27)29(24-10-4-1-5-11-24)25-12-6-2-7-13-25/h1-2,4-7,10-13,15-18,22,29H,3,8-9,14,19-21H2,(H,32,34). The predicted molar refractivity (Wildman–Crippen MR) is 143 cm³/mol. The van der Waals surface area contributed by atoms with E-state index in [1.807, 2.05) is 12.1 Å². The number of ether oxygens (including phenoxy) is 1. The second kappa shape index (κ2) is 13.7. The Morgan fingerprint density at radius 2 is 1.56 bits per heavy atom.